The SMILES string of the molecule is COC(OC)C1CCN(c2ccc3ncn(-c4ccc(OCc5ccccc5)nc4OCc4ccccc4)c3c2)CC1. The van der Waals surface area contributed by atoms with Crippen molar-refractivity contribution in [2.24, 2.45) is 5.92 Å². The van der Waals surface area contributed by atoms with E-state index in [-0.39, 0.29) is 6.29 Å². The van der Waals surface area contributed by atoms with E-state index in [9.17, 15) is 0 Å². The molecule has 2 aromatic heterocycles. The zero-order valence-corrected chi connectivity index (χ0v) is 24.1. The van der Waals surface area contributed by atoms with Crippen molar-refractivity contribution in [3.05, 3.63) is 108 Å². The second-order valence-electron chi connectivity index (χ2n) is 10.5. The summed E-state index contributed by atoms with van der Waals surface area (Å²) >= 11 is 0. The van der Waals surface area contributed by atoms with Crippen LogP contribution in [0.3, 0.4) is 0 Å². The van der Waals surface area contributed by atoms with Crippen molar-refractivity contribution >= 4 is 16.7 Å². The number of piperidine rings is 1. The van der Waals surface area contributed by atoms with E-state index >= 15 is 0 Å². The molecule has 8 heteroatoms. The predicted octanol–water partition coefficient (Wildman–Crippen LogP) is 6.41. The third-order valence-electron chi connectivity index (χ3n) is 7.81. The molecular formula is C34H36N4O4. The Bertz CT molecular complexity index is 1580. The van der Waals surface area contributed by atoms with Crippen LogP contribution in [0.4, 0.5) is 5.69 Å². The van der Waals surface area contributed by atoms with Crippen LogP contribution in [0.1, 0.15) is 24.0 Å². The van der Waals surface area contributed by atoms with E-state index in [0.717, 1.165) is 59.5 Å². The maximum atomic E-state index is 6.32. The van der Waals surface area contributed by atoms with E-state index in [4.69, 9.17) is 28.9 Å². The van der Waals surface area contributed by atoms with Gasteiger partial charge in [0.25, 0.3) is 0 Å². The normalized spacial score (nSPS) is 14.0. The van der Waals surface area contributed by atoms with Gasteiger partial charge in [-0.15, -0.1) is 0 Å². The van der Waals surface area contributed by atoms with Gasteiger partial charge in [-0.2, -0.15) is 4.98 Å². The number of fused-ring (bicyclic) bond motifs is 1. The number of imidazole rings is 1. The van der Waals surface area contributed by atoms with Gasteiger partial charge in [-0.1, -0.05) is 60.7 Å². The van der Waals surface area contributed by atoms with E-state index in [1.807, 2.05) is 83.7 Å². The van der Waals surface area contributed by atoms with Crippen LogP contribution < -0.4 is 14.4 Å². The maximum Gasteiger partial charge on any atom is 0.242 e. The Hall–Kier alpha value is -4.40. The molecule has 1 saturated heterocycles. The molecule has 0 amide bonds. The third-order valence-corrected chi connectivity index (χ3v) is 7.81. The quantitative estimate of drug-likeness (QED) is 0.172. The number of anilines is 1. The second kappa shape index (κ2) is 13.1. The van der Waals surface area contributed by atoms with Crippen LogP contribution in [0.15, 0.2) is 97.3 Å². The largest absolute Gasteiger partial charge is 0.473 e. The topological polar surface area (TPSA) is 70.9 Å². The molecule has 0 spiro atoms. The molecule has 0 bridgehead atoms. The first-order valence-electron chi connectivity index (χ1n) is 14.3. The lowest BCUT2D eigenvalue weighted by molar-refractivity contribution is -0.141. The molecule has 1 aliphatic rings. The summed E-state index contributed by atoms with van der Waals surface area (Å²) < 4.78 is 25.4. The van der Waals surface area contributed by atoms with E-state index in [2.05, 4.69) is 23.1 Å². The van der Waals surface area contributed by atoms with E-state index < -0.39 is 0 Å². The predicted molar refractivity (Wildman–Crippen MR) is 163 cm³/mol. The minimum absolute atomic E-state index is 0.155. The molecule has 8 nitrogen and oxygen atoms in total. The van der Waals surface area contributed by atoms with Crippen LogP contribution in [-0.2, 0) is 22.7 Å². The van der Waals surface area contributed by atoms with Gasteiger partial charge >= 0.3 is 0 Å². The summed E-state index contributed by atoms with van der Waals surface area (Å²) in [4.78, 5) is 11.9. The first-order chi connectivity index (χ1) is 20.7. The lowest BCUT2D eigenvalue weighted by Crippen LogP contribution is -2.39. The van der Waals surface area contributed by atoms with E-state index in [1.165, 1.54) is 0 Å². The highest BCUT2D eigenvalue weighted by Crippen LogP contribution is 2.32. The summed E-state index contributed by atoms with van der Waals surface area (Å²) in [6.07, 6.45) is 3.70. The molecule has 0 saturated carbocycles. The zero-order valence-electron chi connectivity index (χ0n) is 24.1. The third kappa shape index (κ3) is 6.25. The minimum atomic E-state index is -0.155. The maximum absolute atomic E-state index is 6.32. The highest BCUT2D eigenvalue weighted by Gasteiger charge is 2.27. The van der Waals surface area contributed by atoms with E-state index in [0.29, 0.717) is 30.9 Å². The number of hydrogen-bond acceptors (Lipinski definition) is 7. The van der Waals surface area contributed by atoms with Crippen LogP contribution in [0.25, 0.3) is 16.7 Å². The molecule has 5 aromatic rings. The molecule has 0 unspecified atom stereocenters. The molecule has 42 heavy (non-hydrogen) atoms. The summed E-state index contributed by atoms with van der Waals surface area (Å²) in [6, 6.07) is 30.5. The first-order valence-corrected chi connectivity index (χ1v) is 14.3. The molecule has 0 N–H and O–H groups in total. The van der Waals surface area contributed by atoms with Gasteiger partial charge in [0.2, 0.25) is 11.8 Å². The molecule has 3 aromatic carbocycles. The number of rotatable bonds is 11. The first kappa shape index (κ1) is 27.8. The smallest absolute Gasteiger partial charge is 0.242 e. The van der Waals surface area contributed by atoms with Gasteiger partial charge in [0, 0.05) is 45.0 Å². The summed E-state index contributed by atoms with van der Waals surface area (Å²) in [5.74, 6) is 1.38. The minimum Gasteiger partial charge on any atom is -0.473 e. The fourth-order valence-corrected chi connectivity index (χ4v) is 5.54. The van der Waals surface area contributed by atoms with Crippen molar-refractivity contribution in [1.82, 2.24) is 14.5 Å². The molecule has 1 aliphatic heterocycles. The lowest BCUT2D eigenvalue weighted by atomic mass is 9.95. The van der Waals surface area contributed by atoms with Gasteiger partial charge < -0.3 is 23.8 Å². The van der Waals surface area contributed by atoms with Gasteiger partial charge in [-0.3, -0.25) is 4.57 Å². The second-order valence-corrected chi connectivity index (χ2v) is 10.5. The number of ether oxygens (including phenoxy) is 4. The van der Waals surface area contributed by atoms with Gasteiger partial charge in [-0.05, 0) is 48.2 Å². The van der Waals surface area contributed by atoms with Crippen LogP contribution >= 0.6 is 0 Å². The Labute approximate surface area is 246 Å². The Kier molecular flexibility index (Phi) is 8.63. The number of aromatic nitrogens is 3. The van der Waals surface area contributed by atoms with Crippen molar-refractivity contribution in [2.75, 3.05) is 32.2 Å². The summed E-state index contributed by atoms with van der Waals surface area (Å²) in [6.45, 7) is 2.69. The van der Waals surface area contributed by atoms with Crippen molar-refractivity contribution in [3.63, 3.8) is 0 Å². The molecule has 0 radical (unpaired) electrons. The molecule has 0 aliphatic carbocycles. The number of benzene rings is 3. The van der Waals surface area contributed by atoms with Crippen molar-refractivity contribution in [2.45, 2.75) is 32.3 Å². The molecule has 6 rings (SSSR count). The zero-order chi connectivity index (χ0) is 28.7. The molecule has 216 valence electrons. The summed E-state index contributed by atoms with van der Waals surface area (Å²) in [5, 5.41) is 0. The number of nitrogens with zero attached hydrogens (tertiary/aromatic N) is 4. The molecule has 1 fully saturated rings. The Morgan fingerprint density at radius 2 is 1.45 bits per heavy atom. The highest BCUT2D eigenvalue weighted by atomic mass is 16.7. The van der Waals surface area contributed by atoms with Gasteiger partial charge in [0.15, 0.2) is 6.29 Å². The Morgan fingerprint density at radius 1 is 0.786 bits per heavy atom. The van der Waals surface area contributed by atoms with Crippen molar-refractivity contribution in [3.8, 4) is 17.4 Å². The van der Waals surface area contributed by atoms with Crippen LogP contribution in [-0.4, -0.2) is 48.1 Å². The fourth-order valence-electron chi connectivity index (χ4n) is 5.54. The van der Waals surface area contributed by atoms with Crippen LogP contribution in [0.2, 0.25) is 0 Å². The summed E-state index contributed by atoms with van der Waals surface area (Å²) in [5.41, 5.74) is 6.01. The van der Waals surface area contributed by atoms with Gasteiger partial charge in [0.05, 0.1) is 11.0 Å². The monoisotopic (exact) mass is 564 g/mol. The van der Waals surface area contributed by atoms with Crippen LogP contribution in [0, 0.1) is 5.92 Å². The van der Waals surface area contributed by atoms with Gasteiger partial charge in [-0.25, -0.2) is 4.98 Å². The average molecular weight is 565 g/mol. The number of methoxy groups -OCH3 is 2. The summed E-state index contributed by atoms with van der Waals surface area (Å²) in [7, 11) is 3.43. The Morgan fingerprint density at radius 3 is 2.12 bits per heavy atom. The lowest BCUT2D eigenvalue weighted by Gasteiger charge is -2.36. The number of hydrogen-bond donors (Lipinski definition) is 0. The molecule has 0 atom stereocenters. The average Bonchev–Trinajstić information content (AvgIpc) is 3.48. The van der Waals surface area contributed by atoms with E-state index in [1.54, 1.807) is 14.2 Å². The Balaban J connectivity index is 1.27. The van der Waals surface area contributed by atoms with Crippen molar-refractivity contribution in [1.29, 1.82) is 0 Å². The highest BCUT2D eigenvalue weighted by molar-refractivity contribution is 5.82. The van der Waals surface area contributed by atoms with Gasteiger partial charge in [0.1, 0.15) is 25.2 Å². The van der Waals surface area contributed by atoms with Crippen LogP contribution in [0.5, 0.6) is 11.8 Å². The number of pyridine rings is 1. The molecular weight excluding hydrogens is 528 g/mol. The fraction of sp³-hybridized carbons (Fsp3) is 0.294. The standard InChI is InChI=1S/C34H36N4O4/c1-39-34(40-2)27-17-19-37(20-18-27)28-13-14-29-31(21-28)38(24-35-29)30-15-16-32(41-22-25-9-5-3-6-10-25)36-33(30)42-23-26-11-7-4-8-12-26/h3-16,21,24,27,34H,17-20,22-23H2,1-2H3. The molecule has 3 heterocycles. The van der Waals surface area contributed by atoms with Crippen molar-refractivity contribution < 1.29 is 18.9 Å².